The summed E-state index contributed by atoms with van der Waals surface area (Å²) in [5.74, 6) is 0. The van der Waals surface area contributed by atoms with E-state index >= 15 is 0 Å². The minimum Gasteiger partial charge on any atom is -0.385 e. The van der Waals surface area contributed by atoms with Crippen LogP contribution in [0.4, 0.5) is 0 Å². The molecule has 0 saturated carbocycles. The Morgan fingerprint density at radius 3 is 2.56 bits per heavy atom. The monoisotopic (exact) mass is 260 g/mol. The van der Waals surface area contributed by atoms with Crippen molar-refractivity contribution in [3.8, 4) is 0 Å². The van der Waals surface area contributed by atoms with E-state index in [0.29, 0.717) is 6.61 Å². The highest BCUT2D eigenvalue weighted by Gasteiger charge is 2.38. The van der Waals surface area contributed by atoms with Gasteiger partial charge in [-0.1, -0.05) is 6.92 Å². The van der Waals surface area contributed by atoms with Crippen LogP contribution in [-0.4, -0.2) is 71.2 Å². The largest absolute Gasteiger partial charge is 0.385 e. The summed E-state index contributed by atoms with van der Waals surface area (Å²) >= 11 is 0. The molecular formula is C13H28N2O3. The molecule has 0 aromatic heterocycles. The fourth-order valence-electron chi connectivity index (χ4n) is 2.32. The zero-order valence-electron chi connectivity index (χ0n) is 12.0. The van der Waals surface area contributed by atoms with Gasteiger partial charge >= 0.3 is 0 Å². The molecule has 2 unspecified atom stereocenters. The highest BCUT2D eigenvalue weighted by molar-refractivity contribution is 4.92. The van der Waals surface area contributed by atoms with Gasteiger partial charge in [-0.25, -0.2) is 0 Å². The predicted octanol–water partition coefficient (Wildman–Crippen LogP) is 0.335. The zero-order valence-corrected chi connectivity index (χ0v) is 12.0. The molecule has 0 aromatic rings. The lowest BCUT2D eigenvalue weighted by molar-refractivity contribution is 0.0862. The van der Waals surface area contributed by atoms with Gasteiger partial charge in [0.2, 0.25) is 0 Å². The molecule has 1 aliphatic rings. The number of rotatable bonds is 9. The maximum Gasteiger partial charge on any atom is 0.0624 e. The molecule has 1 aliphatic heterocycles. The first kappa shape index (κ1) is 15.9. The highest BCUT2D eigenvalue weighted by Crippen LogP contribution is 2.28. The van der Waals surface area contributed by atoms with E-state index in [1.165, 1.54) is 0 Å². The number of nitrogens with two attached hydrogens (primary N) is 1. The van der Waals surface area contributed by atoms with Crippen molar-refractivity contribution in [3.05, 3.63) is 0 Å². The number of hydrogen-bond acceptors (Lipinski definition) is 5. The predicted molar refractivity (Wildman–Crippen MR) is 71.7 cm³/mol. The van der Waals surface area contributed by atoms with Crippen LogP contribution >= 0.6 is 0 Å². The van der Waals surface area contributed by atoms with Crippen LogP contribution < -0.4 is 5.73 Å². The Hall–Kier alpha value is -0.200. The van der Waals surface area contributed by atoms with Gasteiger partial charge in [-0.15, -0.1) is 0 Å². The molecule has 0 radical (unpaired) electrons. The van der Waals surface area contributed by atoms with E-state index in [4.69, 9.17) is 19.9 Å². The van der Waals surface area contributed by atoms with Crippen LogP contribution in [0.3, 0.4) is 0 Å². The fraction of sp³-hybridized carbons (Fsp3) is 1.00. The summed E-state index contributed by atoms with van der Waals surface area (Å²) in [6, 6.07) is 0.130. The van der Waals surface area contributed by atoms with Gasteiger partial charge in [-0.05, 0) is 6.42 Å². The number of methoxy groups -OCH3 is 2. The molecule has 1 rings (SSSR count). The van der Waals surface area contributed by atoms with Gasteiger partial charge in [0, 0.05) is 51.9 Å². The minimum atomic E-state index is 0.0564. The number of ether oxygens (including phenoxy) is 3. The molecule has 18 heavy (non-hydrogen) atoms. The summed E-state index contributed by atoms with van der Waals surface area (Å²) in [5.41, 5.74) is 6.19. The molecule has 2 atom stereocenters. The molecule has 0 aromatic carbocycles. The maximum atomic E-state index is 6.14. The average Bonchev–Trinajstić information content (AvgIpc) is 2.66. The normalized spacial score (nSPS) is 28.2. The Morgan fingerprint density at radius 2 is 2.00 bits per heavy atom. The van der Waals surface area contributed by atoms with Crippen LogP contribution in [0.5, 0.6) is 0 Å². The highest BCUT2D eigenvalue weighted by atomic mass is 16.5. The van der Waals surface area contributed by atoms with Gasteiger partial charge in [0.25, 0.3) is 0 Å². The molecule has 108 valence electrons. The van der Waals surface area contributed by atoms with E-state index in [9.17, 15) is 0 Å². The van der Waals surface area contributed by atoms with E-state index in [0.717, 1.165) is 45.9 Å². The van der Waals surface area contributed by atoms with Gasteiger partial charge in [-0.3, -0.25) is 0 Å². The first-order valence-corrected chi connectivity index (χ1v) is 6.66. The molecule has 1 heterocycles. The van der Waals surface area contributed by atoms with Gasteiger partial charge < -0.3 is 24.8 Å². The van der Waals surface area contributed by atoms with Crippen molar-refractivity contribution in [2.45, 2.75) is 19.4 Å². The van der Waals surface area contributed by atoms with Crippen molar-refractivity contribution in [1.29, 1.82) is 0 Å². The van der Waals surface area contributed by atoms with E-state index in [-0.39, 0.29) is 11.5 Å². The van der Waals surface area contributed by atoms with Gasteiger partial charge in [0.05, 0.1) is 19.8 Å². The molecule has 2 N–H and O–H groups in total. The topological polar surface area (TPSA) is 57.0 Å². The van der Waals surface area contributed by atoms with E-state index in [1.54, 1.807) is 14.2 Å². The molecule has 0 amide bonds. The Bertz CT molecular complexity index is 228. The second-order valence-corrected chi connectivity index (χ2v) is 5.39. The summed E-state index contributed by atoms with van der Waals surface area (Å²) in [7, 11) is 3.47. The van der Waals surface area contributed by atoms with Crippen LogP contribution in [0.25, 0.3) is 0 Å². The lowest BCUT2D eigenvalue weighted by Crippen LogP contribution is -2.47. The maximum absolute atomic E-state index is 6.14. The fourth-order valence-corrected chi connectivity index (χ4v) is 2.32. The Labute approximate surface area is 111 Å². The van der Waals surface area contributed by atoms with Crippen LogP contribution in [0.1, 0.15) is 13.3 Å². The summed E-state index contributed by atoms with van der Waals surface area (Å²) in [6.45, 7) is 8.08. The van der Waals surface area contributed by atoms with Crippen molar-refractivity contribution >= 4 is 0 Å². The Morgan fingerprint density at radius 1 is 1.28 bits per heavy atom. The lowest BCUT2D eigenvalue weighted by Gasteiger charge is -2.34. The molecular weight excluding hydrogens is 232 g/mol. The molecule has 0 bridgehead atoms. The van der Waals surface area contributed by atoms with Crippen LogP contribution in [0.15, 0.2) is 0 Å². The summed E-state index contributed by atoms with van der Waals surface area (Å²) in [6.07, 6.45) is 1.03. The number of hydrogen-bond donors (Lipinski definition) is 1. The molecule has 1 saturated heterocycles. The summed E-state index contributed by atoms with van der Waals surface area (Å²) in [5, 5.41) is 0. The van der Waals surface area contributed by atoms with Crippen molar-refractivity contribution in [1.82, 2.24) is 4.90 Å². The second-order valence-electron chi connectivity index (χ2n) is 5.39. The summed E-state index contributed by atoms with van der Waals surface area (Å²) < 4.78 is 15.8. The minimum absolute atomic E-state index is 0.0564. The Kier molecular flexibility index (Phi) is 7.11. The van der Waals surface area contributed by atoms with Crippen molar-refractivity contribution in [2.24, 2.45) is 11.1 Å². The SMILES string of the molecule is COCCCN(CCOC)CC1(C)COCC1N. The van der Waals surface area contributed by atoms with Crippen molar-refractivity contribution < 1.29 is 14.2 Å². The zero-order chi connectivity index (χ0) is 13.4. The van der Waals surface area contributed by atoms with Crippen molar-refractivity contribution in [3.63, 3.8) is 0 Å². The quantitative estimate of drug-likeness (QED) is 0.606. The van der Waals surface area contributed by atoms with Crippen LogP contribution in [-0.2, 0) is 14.2 Å². The van der Waals surface area contributed by atoms with Gasteiger partial charge in [0.15, 0.2) is 0 Å². The standard InChI is InChI=1S/C13H28N2O3/c1-13(11-18-9-12(13)14)10-15(6-8-17-3)5-4-7-16-2/h12H,4-11,14H2,1-3H3. The first-order valence-electron chi connectivity index (χ1n) is 6.66. The van der Waals surface area contributed by atoms with Crippen LogP contribution in [0.2, 0.25) is 0 Å². The Balaban J connectivity index is 2.43. The van der Waals surface area contributed by atoms with E-state index in [1.807, 2.05) is 0 Å². The first-order chi connectivity index (χ1) is 8.62. The molecule has 0 spiro atoms. The third-order valence-electron chi connectivity index (χ3n) is 3.64. The third kappa shape index (κ3) is 4.82. The molecule has 0 aliphatic carbocycles. The molecule has 5 nitrogen and oxygen atoms in total. The third-order valence-corrected chi connectivity index (χ3v) is 3.64. The van der Waals surface area contributed by atoms with Crippen LogP contribution in [0, 0.1) is 5.41 Å². The lowest BCUT2D eigenvalue weighted by atomic mass is 9.85. The van der Waals surface area contributed by atoms with E-state index in [2.05, 4.69) is 11.8 Å². The molecule has 5 heteroatoms. The van der Waals surface area contributed by atoms with Crippen molar-refractivity contribution in [2.75, 3.05) is 60.3 Å². The average molecular weight is 260 g/mol. The summed E-state index contributed by atoms with van der Waals surface area (Å²) in [4.78, 5) is 2.40. The van der Waals surface area contributed by atoms with E-state index < -0.39 is 0 Å². The second kappa shape index (κ2) is 8.07. The van der Waals surface area contributed by atoms with Gasteiger partial charge in [-0.2, -0.15) is 0 Å². The van der Waals surface area contributed by atoms with Gasteiger partial charge in [0.1, 0.15) is 0 Å². The molecule has 1 fully saturated rings. The smallest absolute Gasteiger partial charge is 0.0624 e. The number of nitrogens with zero attached hydrogens (tertiary/aromatic N) is 1.